The molecule has 3 aromatic carbocycles. The number of aryl methyl sites for hydroxylation is 2. The van der Waals surface area contributed by atoms with Gasteiger partial charge in [-0.2, -0.15) is 0 Å². The van der Waals surface area contributed by atoms with Gasteiger partial charge in [0.2, 0.25) is 0 Å². The zero-order valence-corrected chi connectivity index (χ0v) is 23.1. The zero-order valence-electron chi connectivity index (χ0n) is 22.4. The lowest BCUT2D eigenvalue weighted by Gasteiger charge is -2.29. The van der Waals surface area contributed by atoms with Gasteiger partial charge in [-0.25, -0.2) is 0 Å². The fourth-order valence-corrected chi connectivity index (χ4v) is 6.03. The maximum atomic E-state index is 6.03. The summed E-state index contributed by atoms with van der Waals surface area (Å²) in [5.41, 5.74) is 7.07. The highest BCUT2D eigenvalue weighted by molar-refractivity contribution is 6.30. The van der Waals surface area contributed by atoms with E-state index in [0.717, 1.165) is 16.9 Å². The van der Waals surface area contributed by atoms with Crippen LogP contribution in [-0.2, 0) is 12.8 Å². The molecule has 1 saturated carbocycles. The van der Waals surface area contributed by atoms with E-state index in [1.807, 2.05) is 12.1 Å². The van der Waals surface area contributed by atoms with E-state index in [-0.39, 0.29) is 0 Å². The minimum absolute atomic E-state index is 0.771. The predicted octanol–water partition coefficient (Wildman–Crippen LogP) is 11.2. The largest absolute Gasteiger partial charge is 0.0843 e. The Morgan fingerprint density at radius 2 is 1.11 bits per heavy atom. The molecule has 1 fully saturated rings. The molecule has 0 aromatic heterocycles. The van der Waals surface area contributed by atoms with E-state index in [4.69, 9.17) is 11.6 Å². The number of hydrogen-bond acceptors (Lipinski definition) is 0. The highest BCUT2D eigenvalue weighted by atomic mass is 35.5. The van der Waals surface area contributed by atoms with Crippen molar-refractivity contribution in [3.05, 3.63) is 94.5 Å². The molecule has 1 heteroatoms. The van der Waals surface area contributed by atoms with Crippen molar-refractivity contribution in [2.45, 2.75) is 103 Å². The molecule has 192 valence electrons. The molecule has 0 spiro atoms. The molecule has 0 nitrogen and oxygen atoms in total. The van der Waals surface area contributed by atoms with Crippen LogP contribution in [0, 0.1) is 5.92 Å². The van der Waals surface area contributed by atoms with Crippen molar-refractivity contribution in [2.24, 2.45) is 5.92 Å². The van der Waals surface area contributed by atoms with E-state index in [1.165, 1.54) is 112 Å². The third kappa shape index (κ3) is 8.52. The second-order valence-electron chi connectivity index (χ2n) is 11.1. The first-order chi connectivity index (χ1) is 17.7. The Balaban J connectivity index is 1.14. The Morgan fingerprint density at radius 1 is 0.583 bits per heavy atom. The standard InChI is InChI=1S/C35H45Cl/c1-2-3-4-5-6-7-8-9-28-12-18-31(19-13-28)32-20-14-29(15-21-32)10-11-30-16-22-33(23-17-30)34-24-26-35(36)27-25-34/h12-13,16-19,22-27,29,32H,2-11,14-15,20-21H2,1H3. The number of rotatable bonds is 13. The van der Waals surface area contributed by atoms with Gasteiger partial charge in [0.25, 0.3) is 0 Å². The molecule has 1 aliphatic rings. The first kappa shape index (κ1) is 27.0. The van der Waals surface area contributed by atoms with Gasteiger partial charge in [0, 0.05) is 5.02 Å². The molecule has 0 radical (unpaired) electrons. The van der Waals surface area contributed by atoms with E-state index in [1.54, 1.807) is 5.56 Å². The molecule has 0 N–H and O–H groups in total. The van der Waals surface area contributed by atoms with E-state index in [9.17, 15) is 0 Å². The number of hydrogen-bond donors (Lipinski definition) is 0. The summed E-state index contributed by atoms with van der Waals surface area (Å²) in [5, 5.41) is 0.793. The number of benzene rings is 3. The lowest BCUT2D eigenvalue weighted by atomic mass is 9.76. The highest BCUT2D eigenvalue weighted by Crippen LogP contribution is 2.37. The van der Waals surface area contributed by atoms with Gasteiger partial charge >= 0.3 is 0 Å². The SMILES string of the molecule is CCCCCCCCCc1ccc(C2CCC(CCc3ccc(-c4ccc(Cl)cc4)cc3)CC2)cc1. The van der Waals surface area contributed by atoms with Gasteiger partial charge in [0.1, 0.15) is 0 Å². The minimum Gasteiger partial charge on any atom is -0.0843 e. The van der Waals surface area contributed by atoms with E-state index >= 15 is 0 Å². The fraction of sp³-hybridized carbons (Fsp3) is 0.486. The van der Waals surface area contributed by atoms with Gasteiger partial charge in [-0.1, -0.05) is 118 Å². The first-order valence-corrected chi connectivity index (χ1v) is 15.0. The van der Waals surface area contributed by atoms with Crippen LogP contribution in [-0.4, -0.2) is 0 Å². The molecular formula is C35H45Cl. The van der Waals surface area contributed by atoms with Crippen LogP contribution in [0.5, 0.6) is 0 Å². The molecule has 0 bridgehead atoms. The summed E-state index contributed by atoms with van der Waals surface area (Å²) >= 11 is 6.03. The fourth-order valence-electron chi connectivity index (χ4n) is 5.90. The van der Waals surface area contributed by atoms with Crippen LogP contribution in [0.2, 0.25) is 5.02 Å². The summed E-state index contributed by atoms with van der Waals surface area (Å²) in [6, 6.07) is 26.9. The van der Waals surface area contributed by atoms with Gasteiger partial charge in [-0.15, -0.1) is 0 Å². The predicted molar refractivity (Wildman–Crippen MR) is 158 cm³/mol. The van der Waals surface area contributed by atoms with Crippen LogP contribution in [0.1, 0.15) is 107 Å². The Labute approximate surface area is 225 Å². The molecule has 4 rings (SSSR count). The van der Waals surface area contributed by atoms with Gasteiger partial charge in [0.05, 0.1) is 0 Å². The summed E-state index contributed by atoms with van der Waals surface area (Å²) in [6.07, 6.45) is 19.0. The lowest BCUT2D eigenvalue weighted by Crippen LogP contribution is -2.14. The van der Waals surface area contributed by atoms with E-state index in [2.05, 4.69) is 67.6 Å². The van der Waals surface area contributed by atoms with Crippen molar-refractivity contribution < 1.29 is 0 Å². The monoisotopic (exact) mass is 500 g/mol. The summed E-state index contributed by atoms with van der Waals surface area (Å²) < 4.78 is 0. The molecule has 0 heterocycles. The lowest BCUT2D eigenvalue weighted by molar-refractivity contribution is 0.310. The molecule has 0 amide bonds. The molecular weight excluding hydrogens is 456 g/mol. The van der Waals surface area contributed by atoms with Gasteiger partial charge < -0.3 is 0 Å². The minimum atomic E-state index is 0.771. The van der Waals surface area contributed by atoms with Crippen LogP contribution >= 0.6 is 11.6 Å². The molecule has 0 aliphatic heterocycles. The summed E-state index contributed by atoms with van der Waals surface area (Å²) in [5.74, 6) is 1.65. The van der Waals surface area contributed by atoms with Crippen molar-refractivity contribution >= 4 is 11.6 Å². The Bertz CT molecular complexity index is 992. The third-order valence-corrected chi connectivity index (χ3v) is 8.59. The zero-order chi connectivity index (χ0) is 25.0. The van der Waals surface area contributed by atoms with Crippen molar-refractivity contribution in [2.75, 3.05) is 0 Å². The summed E-state index contributed by atoms with van der Waals surface area (Å²) in [6.45, 7) is 2.29. The maximum Gasteiger partial charge on any atom is 0.0406 e. The van der Waals surface area contributed by atoms with Crippen molar-refractivity contribution in [1.29, 1.82) is 0 Å². The van der Waals surface area contributed by atoms with Crippen molar-refractivity contribution in [3.63, 3.8) is 0 Å². The van der Waals surface area contributed by atoms with Crippen molar-refractivity contribution in [1.82, 2.24) is 0 Å². The summed E-state index contributed by atoms with van der Waals surface area (Å²) in [4.78, 5) is 0. The smallest absolute Gasteiger partial charge is 0.0406 e. The van der Waals surface area contributed by atoms with Crippen LogP contribution < -0.4 is 0 Å². The average Bonchev–Trinajstić information content (AvgIpc) is 2.93. The van der Waals surface area contributed by atoms with E-state index < -0.39 is 0 Å². The molecule has 1 aliphatic carbocycles. The highest BCUT2D eigenvalue weighted by Gasteiger charge is 2.22. The molecule has 0 atom stereocenters. The Morgan fingerprint density at radius 3 is 1.75 bits per heavy atom. The Kier molecular flexibility index (Phi) is 11.0. The molecule has 0 saturated heterocycles. The van der Waals surface area contributed by atoms with Gasteiger partial charge in [0.15, 0.2) is 0 Å². The van der Waals surface area contributed by atoms with Crippen LogP contribution in [0.4, 0.5) is 0 Å². The van der Waals surface area contributed by atoms with Crippen LogP contribution in [0.3, 0.4) is 0 Å². The second kappa shape index (κ2) is 14.6. The maximum absolute atomic E-state index is 6.03. The Hall–Kier alpha value is -2.05. The average molecular weight is 501 g/mol. The molecule has 36 heavy (non-hydrogen) atoms. The first-order valence-electron chi connectivity index (χ1n) is 14.6. The normalized spacial score (nSPS) is 17.8. The molecule has 0 unspecified atom stereocenters. The number of unbranched alkanes of at least 4 members (excludes halogenated alkanes) is 6. The van der Waals surface area contributed by atoms with Crippen molar-refractivity contribution in [3.8, 4) is 11.1 Å². The van der Waals surface area contributed by atoms with E-state index in [0.29, 0.717) is 0 Å². The quantitative estimate of drug-likeness (QED) is 0.205. The van der Waals surface area contributed by atoms with Gasteiger partial charge in [-0.3, -0.25) is 0 Å². The van der Waals surface area contributed by atoms with Crippen LogP contribution in [0.25, 0.3) is 11.1 Å². The second-order valence-corrected chi connectivity index (χ2v) is 11.5. The van der Waals surface area contributed by atoms with Gasteiger partial charge in [-0.05, 0) is 103 Å². The topological polar surface area (TPSA) is 0 Å². The number of halogens is 1. The van der Waals surface area contributed by atoms with Crippen LogP contribution in [0.15, 0.2) is 72.8 Å². The molecule has 3 aromatic rings. The summed E-state index contributed by atoms with van der Waals surface area (Å²) in [7, 11) is 0. The third-order valence-electron chi connectivity index (χ3n) is 8.34.